The van der Waals surface area contributed by atoms with Gasteiger partial charge in [-0.2, -0.15) is 0 Å². The van der Waals surface area contributed by atoms with E-state index in [-0.39, 0.29) is 5.91 Å². The predicted molar refractivity (Wildman–Crippen MR) is 121 cm³/mol. The van der Waals surface area contributed by atoms with Gasteiger partial charge >= 0.3 is 0 Å². The van der Waals surface area contributed by atoms with E-state index in [2.05, 4.69) is 15.6 Å². The number of amides is 1. The lowest BCUT2D eigenvalue weighted by molar-refractivity contribution is -0.127. The number of aromatic nitrogens is 3. The van der Waals surface area contributed by atoms with Crippen LogP contribution in [0.4, 0.5) is 0 Å². The van der Waals surface area contributed by atoms with Crippen LogP contribution >= 0.6 is 11.3 Å². The summed E-state index contributed by atoms with van der Waals surface area (Å²) in [6.07, 6.45) is 13.8. The normalized spacial score (nSPS) is 18.7. The Morgan fingerprint density at radius 1 is 1.13 bits per heavy atom. The predicted octanol–water partition coefficient (Wildman–Crippen LogP) is 5.10. The van der Waals surface area contributed by atoms with Crippen molar-refractivity contribution in [1.82, 2.24) is 19.4 Å². The Morgan fingerprint density at radius 2 is 1.97 bits per heavy atom. The average Bonchev–Trinajstić information content (AvgIpc) is 3.53. The van der Waals surface area contributed by atoms with Crippen LogP contribution in [-0.2, 0) is 11.2 Å². The SMILES string of the molecule is O=C(/C=C/c1cccs1)N1CCC(n2c(CC3CCCC3)nc3cccnc32)CC1. The van der Waals surface area contributed by atoms with E-state index in [0.717, 1.165) is 54.3 Å². The lowest BCUT2D eigenvalue weighted by Gasteiger charge is -2.33. The van der Waals surface area contributed by atoms with E-state index < -0.39 is 0 Å². The van der Waals surface area contributed by atoms with Crippen LogP contribution in [0.3, 0.4) is 0 Å². The second kappa shape index (κ2) is 8.72. The first kappa shape index (κ1) is 19.5. The fraction of sp³-hybridized carbons (Fsp3) is 0.458. The molecule has 1 saturated carbocycles. The van der Waals surface area contributed by atoms with Crippen molar-refractivity contribution < 1.29 is 4.79 Å². The molecule has 4 heterocycles. The van der Waals surface area contributed by atoms with E-state index in [1.165, 1.54) is 31.5 Å². The lowest BCUT2D eigenvalue weighted by atomic mass is 10.0. The third-order valence-electron chi connectivity index (χ3n) is 6.54. The summed E-state index contributed by atoms with van der Waals surface area (Å²) < 4.78 is 2.40. The molecule has 3 aromatic heterocycles. The molecule has 156 valence electrons. The maximum absolute atomic E-state index is 12.6. The maximum Gasteiger partial charge on any atom is 0.246 e. The van der Waals surface area contributed by atoms with Crippen molar-refractivity contribution in [1.29, 1.82) is 0 Å². The van der Waals surface area contributed by atoms with Crippen LogP contribution in [-0.4, -0.2) is 38.4 Å². The zero-order chi connectivity index (χ0) is 20.3. The molecule has 0 radical (unpaired) electrons. The van der Waals surface area contributed by atoms with Gasteiger partial charge < -0.3 is 9.47 Å². The van der Waals surface area contributed by atoms with Crippen molar-refractivity contribution in [3.63, 3.8) is 0 Å². The van der Waals surface area contributed by atoms with Crippen LogP contribution in [0.1, 0.15) is 55.3 Å². The number of rotatable bonds is 5. The Bertz CT molecular complexity index is 1020. The van der Waals surface area contributed by atoms with Gasteiger partial charge in [0, 0.05) is 42.7 Å². The summed E-state index contributed by atoms with van der Waals surface area (Å²) in [5.41, 5.74) is 2.01. The molecule has 0 N–H and O–H groups in total. The standard InChI is InChI=1S/C24H28N4OS/c29-23(10-9-20-7-4-16-30-20)27-14-11-19(12-15-27)28-22(17-18-5-1-2-6-18)26-21-8-3-13-25-24(21)28/h3-4,7-10,13,16,18-19H,1-2,5-6,11-12,14-15,17H2/b10-9+. The third-order valence-corrected chi connectivity index (χ3v) is 7.38. The Morgan fingerprint density at radius 3 is 2.73 bits per heavy atom. The number of carbonyl (C=O) groups excluding carboxylic acids is 1. The molecule has 1 saturated heterocycles. The fourth-order valence-electron chi connectivity index (χ4n) is 4.97. The summed E-state index contributed by atoms with van der Waals surface area (Å²) >= 11 is 1.65. The topological polar surface area (TPSA) is 51.0 Å². The van der Waals surface area contributed by atoms with Crippen molar-refractivity contribution in [3.8, 4) is 0 Å². The van der Waals surface area contributed by atoms with Crippen molar-refractivity contribution in [2.75, 3.05) is 13.1 Å². The average molecular weight is 421 g/mol. The second-order valence-electron chi connectivity index (χ2n) is 8.50. The molecular formula is C24H28N4OS. The molecule has 1 aliphatic heterocycles. The summed E-state index contributed by atoms with van der Waals surface area (Å²) in [6.45, 7) is 1.57. The van der Waals surface area contributed by atoms with Crippen LogP contribution < -0.4 is 0 Å². The van der Waals surface area contributed by atoms with Gasteiger partial charge in [0.2, 0.25) is 5.91 Å². The van der Waals surface area contributed by atoms with E-state index in [0.29, 0.717) is 6.04 Å². The smallest absolute Gasteiger partial charge is 0.246 e. The maximum atomic E-state index is 12.6. The van der Waals surface area contributed by atoms with Gasteiger partial charge in [0.05, 0.1) is 0 Å². The number of imidazole rings is 1. The summed E-state index contributed by atoms with van der Waals surface area (Å²) in [4.78, 5) is 25.3. The first-order valence-electron chi connectivity index (χ1n) is 11.1. The number of pyridine rings is 1. The molecule has 2 aliphatic rings. The van der Waals surface area contributed by atoms with Gasteiger partial charge in [-0.15, -0.1) is 11.3 Å². The van der Waals surface area contributed by atoms with Gasteiger partial charge in [-0.1, -0.05) is 31.7 Å². The molecule has 0 bridgehead atoms. The van der Waals surface area contributed by atoms with Crippen molar-refractivity contribution in [3.05, 3.63) is 52.6 Å². The Labute approximate surface area is 181 Å². The number of hydrogen-bond donors (Lipinski definition) is 0. The highest BCUT2D eigenvalue weighted by atomic mass is 32.1. The van der Waals surface area contributed by atoms with Crippen LogP contribution in [0.25, 0.3) is 17.2 Å². The van der Waals surface area contributed by atoms with Crippen molar-refractivity contribution in [2.45, 2.75) is 51.0 Å². The minimum absolute atomic E-state index is 0.113. The Hall–Kier alpha value is -2.47. The van der Waals surface area contributed by atoms with E-state index in [9.17, 15) is 4.79 Å². The van der Waals surface area contributed by atoms with E-state index in [1.54, 1.807) is 17.4 Å². The highest BCUT2D eigenvalue weighted by Gasteiger charge is 2.28. The fourth-order valence-corrected chi connectivity index (χ4v) is 5.58. The van der Waals surface area contributed by atoms with Crippen molar-refractivity contribution >= 4 is 34.5 Å². The van der Waals surface area contributed by atoms with Gasteiger partial charge in [0.1, 0.15) is 11.3 Å². The Kier molecular flexibility index (Phi) is 5.67. The number of fused-ring (bicyclic) bond motifs is 1. The summed E-state index contributed by atoms with van der Waals surface area (Å²) in [5.74, 6) is 2.06. The second-order valence-corrected chi connectivity index (χ2v) is 9.48. The molecule has 0 aromatic carbocycles. The number of nitrogens with zero attached hydrogens (tertiary/aromatic N) is 4. The summed E-state index contributed by atoms with van der Waals surface area (Å²) in [6, 6.07) is 8.45. The van der Waals surface area contributed by atoms with E-state index in [1.807, 2.05) is 40.8 Å². The lowest BCUT2D eigenvalue weighted by Crippen LogP contribution is -2.38. The molecule has 3 aromatic rings. The molecule has 2 fully saturated rings. The summed E-state index contributed by atoms with van der Waals surface area (Å²) in [5, 5.41) is 2.03. The molecule has 0 spiro atoms. The number of likely N-dealkylation sites (tertiary alicyclic amines) is 1. The molecule has 1 aliphatic carbocycles. The third kappa shape index (κ3) is 4.06. The number of piperidine rings is 1. The minimum atomic E-state index is 0.113. The van der Waals surface area contributed by atoms with Crippen molar-refractivity contribution in [2.24, 2.45) is 5.92 Å². The highest BCUT2D eigenvalue weighted by Crippen LogP contribution is 2.32. The van der Waals surface area contributed by atoms with E-state index >= 15 is 0 Å². The quantitative estimate of drug-likeness (QED) is 0.540. The number of hydrogen-bond acceptors (Lipinski definition) is 4. The zero-order valence-corrected chi connectivity index (χ0v) is 18.1. The molecule has 5 nitrogen and oxygen atoms in total. The van der Waals surface area contributed by atoms with Crippen LogP contribution in [0, 0.1) is 5.92 Å². The van der Waals surface area contributed by atoms with Crippen LogP contribution in [0.5, 0.6) is 0 Å². The van der Waals surface area contributed by atoms with Crippen LogP contribution in [0.15, 0.2) is 41.9 Å². The Balaban J connectivity index is 1.31. The van der Waals surface area contributed by atoms with Gasteiger partial charge in [0.15, 0.2) is 5.65 Å². The molecular weight excluding hydrogens is 392 g/mol. The molecule has 1 amide bonds. The molecule has 30 heavy (non-hydrogen) atoms. The molecule has 5 rings (SSSR count). The minimum Gasteiger partial charge on any atom is -0.339 e. The highest BCUT2D eigenvalue weighted by molar-refractivity contribution is 7.10. The molecule has 0 unspecified atom stereocenters. The van der Waals surface area contributed by atoms with Gasteiger partial charge in [-0.05, 0) is 48.4 Å². The first-order chi connectivity index (χ1) is 14.8. The first-order valence-corrected chi connectivity index (χ1v) is 12.0. The summed E-state index contributed by atoms with van der Waals surface area (Å²) in [7, 11) is 0. The molecule has 6 heteroatoms. The zero-order valence-electron chi connectivity index (χ0n) is 17.2. The van der Waals surface area contributed by atoms with Gasteiger partial charge in [-0.3, -0.25) is 4.79 Å². The van der Waals surface area contributed by atoms with Gasteiger partial charge in [-0.25, -0.2) is 9.97 Å². The number of thiophene rings is 1. The molecule has 0 atom stereocenters. The van der Waals surface area contributed by atoms with E-state index in [4.69, 9.17) is 4.98 Å². The monoisotopic (exact) mass is 420 g/mol. The largest absolute Gasteiger partial charge is 0.339 e. The number of carbonyl (C=O) groups is 1. The van der Waals surface area contributed by atoms with Gasteiger partial charge in [0.25, 0.3) is 0 Å². The van der Waals surface area contributed by atoms with Crippen LogP contribution in [0.2, 0.25) is 0 Å².